The Morgan fingerprint density at radius 1 is 1.26 bits per heavy atom. The number of halogens is 1. The van der Waals surface area contributed by atoms with Gasteiger partial charge in [0.05, 0.1) is 12.2 Å². The van der Waals surface area contributed by atoms with Crippen molar-refractivity contribution >= 4 is 17.4 Å². The molecule has 0 spiro atoms. The average Bonchev–Trinajstić information content (AvgIpc) is 2.36. The van der Waals surface area contributed by atoms with Crippen LogP contribution in [0.15, 0.2) is 24.3 Å². The van der Waals surface area contributed by atoms with Crippen LogP contribution >= 0.6 is 11.6 Å². The van der Waals surface area contributed by atoms with Gasteiger partial charge in [-0.15, -0.1) is 0 Å². The minimum absolute atomic E-state index is 0.170. The molecule has 104 valence electrons. The molecule has 0 aliphatic carbocycles. The molecule has 1 aromatic carbocycles. The van der Waals surface area contributed by atoms with Crippen LogP contribution < -0.4 is 0 Å². The van der Waals surface area contributed by atoms with Crippen molar-refractivity contribution in [3.8, 4) is 0 Å². The second-order valence-corrected chi connectivity index (χ2v) is 5.63. The van der Waals surface area contributed by atoms with Crippen molar-refractivity contribution < 1.29 is 9.53 Å². The van der Waals surface area contributed by atoms with Gasteiger partial charge in [0.1, 0.15) is 0 Å². The molecule has 19 heavy (non-hydrogen) atoms. The molecule has 1 aliphatic heterocycles. The summed E-state index contributed by atoms with van der Waals surface area (Å²) in [5, 5.41) is 0.660. The third kappa shape index (κ3) is 4.30. The van der Waals surface area contributed by atoms with E-state index in [4.69, 9.17) is 16.3 Å². The molecule has 0 N–H and O–H groups in total. The van der Waals surface area contributed by atoms with Gasteiger partial charge in [0.2, 0.25) is 0 Å². The number of nitrogens with zero attached hydrogens (tertiary/aromatic N) is 1. The molecule has 2 atom stereocenters. The maximum absolute atomic E-state index is 12.1. The lowest BCUT2D eigenvalue weighted by Crippen LogP contribution is -2.46. The van der Waals surface area contributed by atoms with E-state index >= 15 is 0 Å². The lowest BCUT2D eigenvalue weighted by atomic mass is 10.1. The molecule has 0 amide bonds. The van der Waals surface area contributed by atoms with Gasteiger partial charge in [-0.1, -0.05) is 11.6 Å². The van der Waals surface area contributed by atoms with E-state index in [1.165, 1.54) is 0 Å². The van der Waals surface area contributed by atoms with Crippen LogP contribution in [0.2, 0.25) is 5.02 Å². The molecular weight excluding hydrogens is 262 g/mol. The highest BCUT2D eigenvalue weighted by molar-refractivity contribution is 6.30. The molecule has 2 unspecified atom stereocenters. The molecule has 3 nitrogen and oxygen atoms in total. The molecule has 0 saturated carbocycles. The zero-order chi connectivity index (χ0) is 13.8. The van der Waals surface area contributed by atoms with Crippen molar-refractivity contribution in [1.29, 1.82) is 0 Å². The Kier molecular flexibility index (Phi) is 4.97. The summed E-state index contributed by atoms with van der Waals surface area (Å²) in [4.78, 5) is 14.4. The van der Waals surface area contributed by atoms with Crippen LogP contribution in [0.4, 0.5) is 0 Å². The maximum atomic E-state index is 12.1. The van der Waals surface area contributed by atoms with Crippen LogP contribution in [0.5, 0.6) is 0 Å². The number of morpholine rings is 1. The number of benzene rings is 1. The van der Waals surface area contributed by atoms with Gasteiger partial charge in [-0.3, -0.25) is 9.69 Å². The van der Waals surface area contributed by atoms with Gasteiger partial charge in [-0.05, 0) is 38.1 Å². The van der Waals surface area contributed by atoms with Gasteiger partial charge in [0, 0.05) is 36.6 Å². The highest BCUT2D eigenvalue weighted by Crippen LogP contribution is 2.14. The standard InChI is InChI=1S/C15H20ClNO2/c1-11-9-17(10-12(2)19-11)8-7-15(18)13-3-5-14(16)6-4-13/h3-6,11-12H,7-10H2,1-2H3. The highest BCUT2D eigenvalue weighted by Gasteiger charge is 2.22. The SMILES string of the molecule is CC1CN(CCC(=O)c2ccc(Cl)cc2)CC(C)O1. The van der Waals surface area contributed by atoms with Crippen LogP contribution in [-0.4, -0.2) is 42.5 Å². The van der Waals surface area contributed by atoms with Gasteiger partial charge >= 0.3 is 0 Å². The van der Waals surface area contributed by atoms with Crippen LogP contribution in [0, 0.1) is 0 Å². The normalized spacial score (nSPS) is 24.4. The first-order chi connectivity index (χ1) is 9.04. The lowest BCUT2D eigenvalue weighted by Gasteiger charge is -2.35. The molecule has 1 fully saturated rings. The minimum atomic E-state index is 0.170. The van der Waals surface area contributed by atoms with Gasteiger partial charge in [-0.2, -0.15) is 0 Å². The number of rotatable bonds is 4. The number of ether oxygens (including phenoxy) is 1. The Morgan fingerprint density at radius 2 is 1.84 bits per heavy atom. The van der Waals surface area contributed by atoms with Crippen LogP contribution in [0.1, 0.15) is 30.6 Å². The summed E-state index contributed by atoms with van der Waals surface area (Å²) in [5.74, 6) is 0.170. The molecule has 0 aromatic heterocycles. The number of carbonyl (C=O) groups excluding carboxylic acids is 1. The van der Waals surface area contributed by atoms with E-state index in [0.29, 0.717) is 11.4 Å². The summed E-state index contributed by atoms with van der Waals surface area (Å²) in [6, 6.07) is 7.09. The van der Waals surface area contributed by atoms with E-state index in [-0.39, 0.29) is 18.0 Å². The van der Waals surface area contributed by atoms with Crippen LogP contribution in [0.25, 0.3) is 0 Å². The van der Waals surface area contributed by atoms with Crippen molar-refractivity contribution in [3.63, 3.8) is 0 Å². The van der Waals surface area contributed by atoms with Gasteiger partial charge < -0.3 is 4.74 Å². The summed E-state index contributed by atoms with van der Waals surface area (Å²) >= 11 is 5.81. The van der Waals surface area contributed by atoms with E-state index in [0.717, 1.165) is 25.2 Å². The Balaban J connectivity index is 1.84. The zero-order valence-corrected chi connectivity index (χ0v) is 12.2. The fourth-order valence-corrected chi connectivity index (χ4v) is 2.63. The lowest BCUT2D eigenvalue weighted by molar-refractivity contribution is -0.0675. The molecule has 1 heterocycles. The first-order valence-electron chi connectivity index (χ1n) is 6.71. The van der Waals surface area contributed by atoms with Gasteiger partial charge in [0.15, 0.2) is 5.78 Å². The first kappa shape index (κ1) is 14.5. The average molecular weight is 282 g/mol. The van der Waals surface area contributed by atoms with Crippen molar-refractivity contribution in [2.75, 3.05) is 19.6 Å². The van der Waals surface area contributed by atoms with E-state index in [9.17, 15) is 4.79 Å². The summed E-state index contributed by atoms with van der Waals surface area (Å²) in [6.45, 7) is 6.74. The summed E-state index contributed by atoms with van der Waals surface area (Å²) in [7, 11) is 0. The molecule has 2 rings (SSSR count). The number of carbonyl (C=O) groups is 1. The quantitative estimate of drug-likeness (QED) is 0.795. The first-order valence-corrected chi connectivity index (χ1v) is 7.09. The van der Waals surface area contributed by atoms with Crippen molar-refractivity contribution in [1.82, 2.24) is 4.90 Å². The predicted molar refractivity (Wildman–Crippen MR) is 76.8 cm³/mol. The molecule has 4 heteroatoms. The highest BCUT2D eigenvalue weighted by atomic mass is 35.5. The fourth-order valence-electron chi connectivity index (χ4n) is 2.51. The number of hydrogen-bond donors (Lipinski definition) is 0. The van der Waals surface area contributed by atoms with Crippen molar-refractivity contribution in [3.05, 3.63) is 34.9 Å². The Hall–Kier alpha value is -0.900. The molecule has 1 aromatic rings. The van der Waals surface area contributed by atoms with Crippen molar-refractivity contribution in [2.24, 2.45) is 0 Å². The second-order valence-electron chi connectivity index (χ2n) is 5.20. The largest absolute Gasteiger partial charge is 0.373 e. The Labute approximate surface area is 119 Å². The number of hydrogen-bond acceptors (Lipinski definition) is 3. The van der Waals surface area contributed by atoms with Crippen LogP contribution in [-0.2, 0) is 4.74 Å². The van der Waals surface area contributed by atoms with Crippen molar-refractivity contribution in [2.45, 2.75) is 32.5 Å². The van der Waals surface area contributed by atoms with E-state index in [1.54, 1.807) is 24.3 Å². The predicted octanol–water partition coefficient (Wildman–Crippen LogP) is 3.02. The molecule has 1 saturated heterocycles. The summed E-state index contributed by atoms with van der Waals surface area (Å²) in [5.41, 5.74) is 0.735. The molecule has 0 bridgehead atoms. The Morgan fingerprint density at radius 3 is 2.42 bits per heavy atom. The molecule has 1 aliphatic rings. The zero-order valence-electron chi connectivity index (χ0n) is 11.4. The third-order valence-electron chi connectivity index (χ3n) is 3.32. The van der Waals surface area contributed by atoms with E-state index in [1.807, 2.05) is 0 Å². The van der Waals surface area contributed by atoms with E-state index in [2.05, 4.69) is 18.7 Å². The number of ketones is 1. The molecule has 0 radical (unpaired) electrons. The topological polar surface area (TPSA) is 29.5 Å². The minimum Gasteiger partial charge on any atom is -0.373 e. The Bertz CT molecular complexity index is 422. The van der Waals surface area contributed by atoms with Crippen LogP contribution in [0.3, 0.4) is 0 Å². The smallest absolute Gasteiger partial charge is 0.164 e. The van der Waals surface area contributed by atoms with E-state index < -0.39 is 0 Å². The van der Waals surface area contributed by atoms with Gasteiger partial charge in [-0.25, -0.2) is 0 Å². The van der Waals surface area contributed by atoms with Gasteiger partial charge in [0.25, 0.3) is 0 Å². The third-order valence-corrected chi connectivity index (χ3v) is 3.57. The number of Topliss-reactive ketones (excluding diaryl/α,β-unsaturated/α-hetero) is 1. The summed E-state index contributed by atoms with van der Waals surface area (Å²) in [6.07, 6.45) is 1.03. The monoisotopic (exact) mass is 281 g/mol. The fraction of sp³-hybridized carbons (Fsp3) is 0.533. The summed E-state index contributed by atoms with van der Waals surface area (Å²) < 4.78 is 5.68. The second kappa shape index (κ2) is 6.51. The molecular formula is C15H20ClNO2. The maximum Gasteiger partial charge on any atom is 0.164 e.